The molecule has 0 radical (unpaired) electrons. The largest absolute Gasteiger partial charge is 0.491 e. The average molecular weight is 673 g/mol. The molecule has 0 saturated heterocycles. The maximum atomic E-state index is 13.3. The van der Waals surface area contributed by atoms with Crippen LogP contribution < -0.4 is 14.4 Å². The number of ether oxygens (including phenoxy) is 1. The van der Waals surface area contributed by atoms with Crippen molar-refractivity contribution >= 4 is 34.2 Å². The SMILES string of the molecule is CC.CC.CCCc1cc(Cl)ccc1C1COc2ccc3cc2N(C1)CC1CCC1C(C(C)C)CCCC(C)C(C)S(=O)NC3=O. The van der Waals surface area contributed by atoms with Crippen molar-refractivity contribution in [2.75, 3.05) is 24.6 Å². The third-order valence-corrected chi connectivity index (χ3v) is 12.1. The molecule has 1 fully saturated rings. The van der Waals surface area contributed by atoms with E-state index in [0.717, 1.165) is 55.2 Å². The molecule has 0 aromatic heterocycles. The number of nitrogens with zero attached hydrogens (tertiary/aromatic N) is 1. The molecule has 2 bridgehead atoms. The monoisotopic (exact) mass is 672 g/mol. The van der Waals surface area contributed by atoms with Crippen LogP contribution >= 0.6 is 11.6 Å². The first-order chi connectivity index (χ1) is 22.2. The van der Waals surface area contributed by atoms with Crippen LogP contribution in [-0.2, 0) is 17.4 Å². The third-order valence-electron chi connectivity index (χ3n) is 10.4. The number of anilines is 1. The van der Waals surface area contributed by atoms with E-state index < -0.39 is 11.0 Å². The van der Waals surface area contributed by atoms with E-state index in [1.165, 1.54) is 30.4 Å². The second kappa shape index (κ2) is 18.5. The van der Waals surface area contributed by atoms with Crippen molar-refractivity contribution < 1.29 is 13.7 Å². The van der Waals surface area contributed by atoms with E-state index in [1.807, 2.05) is 58.9 Å². The minimum atomic E-state index is -1.44. The highest BCUT2D eigenvalue weighted by Gasteiger charge is 2.40. The molecule has 1 aliphatic carbocycles. The summed E-state index contributed by atoms with van der Waals surface area (Å²) in [6.45, 7) is 21.5. The Morgan fingerprint density at radius 3 is 2.39 bits per heavy atom. The van der Waals surface area contributed by atoms with Gasteiger partial charge in [0, 0.05) is 29.6 Å². The summed E-state index contributed by atoms with van der Waals surface area (Å²) < 4.78 is 22.5. The zero-order valence-electron chi connectivity index (χ0n) is 30.0. The first-order valence-corrected chi connectivity index (χ1v) is 19.8. The molecule has 2 heterocycles. The van der Waals surface area contributed by atoms with Crippen LogP contribution in [0.2, 0.25) is 5.02 Å². The molecule has 3 aliphatic rings. The fourth-order valence-corrected chi connectivity index (χ4v) is 8.77. The lowest BCUT2D eigenvalue weighted by atomic mass is 9.62. The number of amides is 1. The van der Waals surface area contributed by atoms with Crippen molar-refractivity contribution in [1.82, 2.24) is 4.72 Å². The van der Waals surface area contributed by atoms with Gasteiger partial charge in [-0.3, -0.25) is 9.52 Å². The number of carbonyl (C=O) groups is 1. The predicted octanol–water partition coefficient (Wildman–Crippen LogP) is 10.2. The van der Waals surface area contributed by atoms with E-state index >= 15 is 0 Å². The van der Waals surface area contributed by atoms with Gasteiger partial charge in [0.1, 0.15) is 16.7 Å². The van der Waals surface area contributed by atoms with Crippen molar-refractivity contribution in [2.24, 2.45) is 29.6 Å². The molecule has 5 nitrogen and oxygen atoms in total. The van der Waals surface area contributed by atoms with Gasteiger partial charge >= 0.3 is 0 Å². The number of halogens is 1. The molecule has 0 spiro atoms. The topological polar surface area (TPSA) is 58.6 Å². The molecule has 1 amide bonds. The highest BCUT2D eigenvalue weighted by molar-refractivity contribution is 7.84. The molecule has 2 aromatic rings. The fourth-order valence-electron chi connectivity index (χ4n) is 7.53. The van der Waals surface area contributed by atoms with Gasteiger partial charge in [0.2, 0.25) is 0 Å². The Bertz CT molecular complexity index is 1280. The minimum absolute atomic E-state index is 0.103. The number of carbonyl (C=O) groups excluding carboxylic acids is 1. The lowest BCUT2D eigenvalue weighted by Gasteiger charge is -2.46. The van der Waals surface area contributed by atoms with E-state index in [-0.39, 0.29) is 23.0 Å². The molecule has 7 atom stereocenters. The van der Waals surface area contributed by atoms with Crippen molar-refractivity contribution in [3.8, 4) is 5.75 Å². The van der Waals surface area contributed by atoms with Gasteiger partial charge in [-0.25, -0.2) is 4.21 Å². The second-order valence-corrected chi connectivity index (χ2v) is 15.4. The zero-order chi connectivity index (χ0) is 34.0. The first kappa shape index (κ1) is 38.4. The van der Waals surface area contributed by atoms with Gasteiger partial charge in [-0.1, -0.05) is 85.9 Å². The highest BCUT2D eigenvalue weighted by atomic mass is 35.5. The lowest BCUT2D eigenvalue weighted by Crippen LogP contribution is -2.44. The zero-order valence-corrected chi connectivity index (χ0v) is 31.6. The van der Waals surface area contributed by atoms with Gasteiger partial charge < -0.3 is 9.64 Å². The van der Waals surface area contributed by atoms with E-state index in [1.54, 1.807) is 0 Å². The maximum Gasteiger partial charge on any atom is 0.263 e. The molecular weight excluding hydrogens is 612 g/mol. The van der Waals surface area contributed by atoms with Gasteiger partial charge in [-0.2, -0.15) is 0 Å². The summed E-state index contributed by atoms with van der Waals surface area (Å²) >= 11 is 6.43. The molecule has 2 aliphatic heterocycles. The van der Waals surface area contributed by atoms with E-state index in [2.05, 4.69) is 49.4 Å². The quantitative estimate of drug-likeness (QED) is 0.351. The lowest BCUT2D eigenvalue weighted by molar-refractivity contribution is 0.0712. The maximum absolute atomic E-state index is 13.3. The normalized spacial score (nSPS) is 28.1. The summed E-state index contributed by atoms with van der Waals surface area (Å²) in [4.78, 5) is 15.8. The van der Waals surface area contributed by atoms with Crippen molar-refractivity contribution in [2.45, 2.75) is 118 Å². The first-order valence-electron chi connectivity index (χ1n) is 18.2. The second-order valence-electron chi connectivity index (χ2n) is 13.4. The van der Waals surface area contributed by atoms with Crippen LogP contribution in [0.25, 0.3) is 0 Å². The summed E-state index contributed by atoms with van der Waals surface area (Å²) in [5.74, 6) is 3.68. The van der Waals surface area contributed by atoms with Gasteiger partial charge in [-0.05, 0) is 110 Å². The number of rotatable bonds is 4. The summed E-state index contributed by atoms with van der Waals surface area (Å²) in [7, 11) is -1.44. The molecule has 5 rings (SSSR count). The molecule has 2 aromatic carbocycles. The van der Waals surface area contributed by atoms with Crippen molar-refractivity contribution in [1.29, 1.82) is 0 Å². The molecule has 46 heavy (non-hydrogen) atoms. The highest BCUT2D eigenvalue weighted by Crippen LogP contribution is 2.47. The van der Waals surface area contributed by atoms with Gasteiger partial charge in [0.25, 0.3) is 5.91 Å². The molecular formula is C39H61ClN2O3S. The van der Waals surface area contributed by atoms with E-state index in [0.29, 0.717) is 35.8 Å². The Morgan fingerprint density at radius 1 is 1.00 bits per heavy atom. The number of aryl methyl sites for hydroxylation is 1. The van der Waals surface area contributed by atoms with Gasteiger partial charge in [-0.15, -0.1) is 0 Å². The molecule has 7 unspecified atom stereocenters. The van der Waals surface area contributed by atoms with Crippen LogP contribution in [0.15, 0.2) is 36.4 Å². The summed E-state index contributed by atoms with van der Waals surface area (Å²) in [6, 6.07) is 12.0. The number of hydrogen-bond acceptors (Lipinski definition) is 4. The number of benzene rings is 2. The Kier molecular flexibility index (Phi) is 15.4. The van der Waals surface area contributed by atoms with Crippen molar-refractivity contribution in [3.63, 3.8) is 0 Å². The number of hydrogen-bond donors (Lipinski definition) is 1. The fraction of sp³-hybridized carbons (Fsp3) is 0.667. The third kappa shape index (κ3) is 9.30. The Morgan fingerprint density at radius 2 is 1.74 bits per heavy atom. The molecule has 1 N–H and O–H groups in total. The summed E-state index contributed by atoms with van der Waals surface area (Å²) in [5.41, 5.74) is 4.11. The number of nitrogens with one attached hydrogen (secondary N) is 1. The molecule has 258 valence electrons. The Balaban J connectivity index is 0.00000139. The van der Waals surface area contributed by atoms with E-state index in [9.17, 15) is 9.00 Å². The minimum Gasteiger partial charge on any atom is -0.491 e. The average Bonchev–Trinajstić information content (AvgIpc) is 3.22. The van der Waals surface area contributed by atoms with Crippen LogP contribution in [-0.4, -0.2) is 35.1 Å². The van der Waals surface area contributed by atoms with Crippen LogP contribution in [0.4, 0.5) is 5.69 Å². The van der Waals surface area contributed by atoms with E-state index in [4.69, 9.17) is 16.3 Å². The Hall–Kier alpha value is -2.05. The summed E-state index contributed by atoms with van der Waals surface area (Å²) in [5, 5.41) is 0.674. The van der Waals surface area contributed by atoms with Crippen LogP contribution in [0.1, 0.15) is 128 Å². The van der Waals surface area contributed by atoms with Crippen LogP contribution in [0, 0.1) is 29.6 Å². The van der Waals surface area contributed by atoms with Crippen molar-refractivity contribution in [3.05, 3.63) is 58.1 Å². The molecule has 1 saturated carbocycles. The standard InChI is InChI=1S/C35H49ClN2O3S.2C2H6/c1-6-8-25-17-29(36)13-15-31(25)28-20-38-19-27-11-14-32(27)30(22(2)3)10-7-9-23(4)24(5)42(40)37-35(39)26-12-16-34(41-21-28)33(38)18-26;2*1-2/h12-13,15-18,22-24,27-28,30,32H,6-11,14,19-21H2,1-5H3,(H,37,39);2*1-2H3. The smallest absolute Gasteiger partial charge is 0.263 e. The number of fused-ring (bicyclic) bond motifs is 2. The van der Waals surface area contributed by atoms with Gasteiger partial charge in [0.05, 0.1) is 17.5 Å². The molecule has 7 heteroatoms. The van der Waals surface area contributed by atoms with Crippen LogP contribution in [0.5, 0.6) is 5.75 Å². The Labute approximate surface area is 288 Å². The van der Waals surface area contributed by atoms with Gasteiger partial charge in [0.15, 0.2) is 0 Å². The summed E-state index contributed by atoms with van der Waals surface area (Å²) in [6.07, 6.45) is 7.98. The van der Waals surface area contributed by atoms with Crippen LogP contribution in [0.3, 0.4) is 0 Å². The predicted molar refractivity (Wildman–Crippen MR) is 198 cm³/mol.